The maximum Gasteiger partial charge on any atom is 0.293 e. The molecule has 0 bridgehead atoms. The standard InChI is InChI=1S/C20H16F2N2O3S/c21-15-7-5-13(6-8-15)11-18(25)23-9-10-24-19(26)17(28-20(24)27)12-14-3-1-2-4-16(14)22/h1-8,12H,9-11H2,(H,23,25)/b17-12-. The molecule has 1 fully saturated rings. The summed E-state index contributed by atoms with van der Waals surface area (Å²) in [5.41, 5.74) is 0.874. The van der Waals surface area contributed by atoms with E-state index in [4.69, 9.17) is 0 Å². The average Bonchev–Trinajstić information content (AvgIpc) is 2.93. The van der Waals surface area contributed by atoms with Gasteiger partial charge in [-0.1, -0.05) is 30.3 Å². The van der Waals surface area contributed by atoms with Crippen molar-refractivity contribution in [1.29, 1.82) is 0 Å². The first-order valence-corrected chi connectivity index (χ1v) is 9.27. The Morgan fingerprint density at radius 3 is 2.50 bits per heavy atom. The van der Waals surface area contributed by atoms with E-state index in [0.717, 1.165) is 16.7 Å². The molecule has 3 amide bonds. The molecular weight excluding hydrogens is 386 g/mol. The Morgan fingerprint density at radius 2 is 1.79 bits per heavy atom. The summed E-state index contributed by atoms with van der Waals surface area (Å²) in [6.45, 7) is 0.0967. The van der Waals surface area contributed by atoms with Gasteiger partial charge >= 0.3 is 0 Å². The molecule has 1 aliphatic rings. The molecule has 0 radical (unpaired) electrons. The smallest absolute Gasteiger partial charge is 0.293 e. The molecule has 0 aliphatic carbocycles. The summed E-state index contributed by atoms with van der Waals surface area (Å²) < 4.78 is 26.6. The molecule has 3 rings (SSSR count). The number of hydrogen-bond acceptors (Lipinski definition) is 4. The highest BCUT2D eigenvalue weighted by Crippen LogP contribution is 2.32. The van der Waals surface area contributed by atoms with Gasteiger partial charge in [-0.3, -0.25) is 19.3 Å². The number of halogens is 2. The molecule has 0 saturated carbocycles. The summed E-state index contributed by atoms with van der Waals surface area (Å²) in [6, 6.07) is 11.5. The molecule has 5 nitrogen and oxygen atoms in total. The minimum Gasteiger partial charge on any atom is -0.354 e. The lowest BCUT2D eigenvalue weighted by atomic mass is 10.1. The van der Waals surface area contributed by atoms with E-state index >= 15 is 0 Å². The van der Waals surface area contributed by atoms with Crippen LogP contribution in [0.25, 0.3) is 6.08 Å². The second-order valence-corrected chi connectivity index (χ2v) is 7.00. The van der Waals surface area contributed by atoms with E-state index in [1.54, 1.807) is 6.07 Å². The molecule has 0 aromatic heterocycles. The predicted octanol–water partition coefficient (Wildman–Crippen LogP) is 3.36. The number of hydrogen-bond donors (Lipinski definition) is 1. The van der Waals surface area contributed by atoms with Gasteiger partial charge in [-0.25, -0.2) is 8.78 Å². The Bertz CT molecular complexity index is 945. The fraction of sp³-hybridized carbons (Fsp3) is 0.150. The largest absolute Gasteiger partial charge is 0.354 e. The summed E-state index contributed by atoms with van der Waals surface area (Å²) in [7, 11) is 0. The zero-order valence-corrected chi connectivity index (χ0v) is 15.5. The number of nitrogens with zero attached hydrogens (tertiary/aromatic N) is 1. The lowest BCUT2D eigenvalue weighted by Crippen LogP contribution is -2.37. The van der Waals surface area contributed by atoms with Crippen molar-refractivity contribution in [3.05, 3.63) is 76.2 Å². The molecule has 144 valence electrons. The van der Waals surface area contributed by atoms with Crippen molar-refractivity contribution in [2.24, 2.45) is 0 Å². The molecule has 1 saturated heterocycles. The van der Waals surface area contributed by atoms with Crippen LogP contribution in [0.15, 0.2) is 53.4 Å². The maximum atomic E-state index is 13.7. The van der Waals surface area contributed by atoms with Crippen molar-refractivity contribution in [3.8, 4) is 0 Å². The van der Waals surface area contributed by atoms with Gasteiger partial charge < -0.3 is 5.32 Å². The quantitative estimate of drug-likeness (QED) is 0.753. The van der Waals surface area contributed by atoms with Crippen LogP contribution in [0.3, 0.4) is 0 Å². The zero-order valence-electron chi connectivity index (χ0n) is 14.7. The van der Waals surface area contributed by atoms with Crippen LogP contribution in [0.4, 0.5) is 13.6 Å². The first kappa shape index (κ1) is 19.8. The molecule has 0 atom stereocenters. The minimum atomic E-state index is -0.522. The topological polar surface area (TPSA) is 66.5 Å². The average molecular weight is 402 g/mol. The SMILES string of the molecule is O=C(Cc1ccc(F)cc1)NCCN1C(=O)S/C(=C\c2ccccc2F)C1=O. The predicted molar refractivity (Wildman–Crippen MR) is 102 cm³/mol. The van der Waals surface area contributed by atoms with Gasteiger partial charge in [-0.15, -0.1) is 0 Å². The summed E-state index contributed by atoms with van der Waals surface area (Å²) in [6.07, 6.45) is 1.41. The zero-order chi connectivity index (χ0) is 20.1. The minimum absolute atomic E-state index is 0.00837. The van der Waals surface area contributed by atoms with Gasteiger partial charge in [0.15, 0.2) is 0 Å². The number of benzene rings is 2. The Morgan fingerprint density at radius 1 is 1.07 bits per heavy atom. The van der Waals surface area contributed by atoms with Gasteiger partial charge in [0.25, 0.3) is 11.1 Å². The summed E-state index contributed by atoms with van der Waals surface area (Å²) >= 11 is 0.732. The van der Waals surface area contributed by atoms with Crippen LogP contribution in [-0.4, -0.2) is 35.0 Å². The van der Waals surface area contributed by atoms with Gasteiger partial charge in [-0.2, -0.15) is 0 Å². The lowest BCUT2D eigenvalue weighted by molar-refractivity contribution is -0.124. The fourth-order valence-electron chi connectivity index (χ4n) is 2.58. The van der Waals surface area contributed by atoms with Gasteiger partial charge in [0, 0.05) is 18.7 Å². The summed E-state index contributed by atoms with van der Waals surface area (Å²) in [4.78, 5) is 37.5. The van der Waals surface area contributed by atoms with Crippen LogP contribution >= 0.6 is 11.8 Å². The third-order valence-corrected chi connectivity index (χ3v) is 4.91. The fourth-order valence-corrected chi connectivity index (χ4v) is 3.44. The number of nitrogens with one attached hydrogen (secondary N) is 1. The molecular formula is C20H16F2N2O3S. The van der Waals surface area contributed by atoms with Gasteiger partial charge in [-0.05, 0) is 41.6 Å². The number of carbonyl (C=O) groups is 3. The number of thioether (sulfide) groups is 1. The monoisotopic (exact) mass is 402 g/mol. The Balaban J connectivity index is 1.54. The van der Waals surface area contributed by atoms with Crippen molar-refractivity contribution in [1.82, 2.24) is 10.2 Å². The van der Waals surface area contributed by atoms with E-state index in [0.29, 0.717) is 5.56 Å². The van der Waals surface area contributed by atoms with Crippen molar-refractivity contribution < 1.29 is 23.2 Å². The van der Waals surface area contributed by atoms with Crippen LogP contribution < -0.4 is 5.32 Å². The van der Waals surface area contributed by atoms with Gasteiger partial charge in [0.05, 0.1) is 11.3 Å². The lowest BCUT2D eigenvalue weighted by Gasteiger charge is -2.13. The molecule has 1 N–H and O–H groups in total. The van der Waals surface area contributed by atoms with E-state index in [9.17, 15) is 23.2 Å². The molecule has 1 heterocycles. The highest BCUT2D eigenvalue weighted by molar-refractivity contribution is 8.18. The number of amides is 3. The van der Waals surface area contributed by atoms with Crippen LogP contribution in [0.5, 0.6) is 0 Å². The van der Waals surface area contributed by atoms with Crippen molar-refractivity contribution in [2.45, 2.75) is 6.42 Å². The first-order chi connectivity index (χ1) is 13.4. The highest BCUT2D eigenvalue weighted by atomic mass is 32.2. The Kier molecular flexibility index (Phi) is 6.20. The third kappa shape index (κ3) is 4.83. The van der Waals surface area contributed by atoms with Crippen molar-refractivity contribution in [2.75, 3.05) is 13.1 Å². The number of imide groups is 1. The highest BCUT2D eigenvalue weighted by Gasteiger charge is 2.34. The summed E-state index contributed by atoms with van der Waals surface area (Å²) in [5.74, 6) is -1.69. The second kappa shape index (κ2) is 8.79. The van der Waals surface area contributed by atoms with E-state index < -0.39 is 17.0 Å². The van der Waals surface area contributed by atoms with E-state index in [1.165, 1.54) is 48.5 Å². The van der Waals surface area contributed by atoms with Crippen LogP contribution in [0, 0.1) is 11.6 Å². The number of carbonyl (C=O) groups excluding carboxylic acids is 3. The van der Waals surface area contributed by atoms with Crippen molar-refractivity contribution in [3.63, 3.8) is 0 Å². The molecule has 2 aromatic carbocycles. The maximum absolute atomic E-state index is 13.7. The van der Waals surface area contributed by atoms with E-state index in [-0.39, 0.29) is 41.7 Å². The first-order valence-electron chi connectivity index (χ1n) is 8.45. The van der Waals surface area contributed by atoms with Gasteiger partial charge in [0.2, 0.25) is 5.91 Å². The Hall–Kier alpha value is -3.00. The molecule has 28 heavy (non-hydrogen) atoms. The van der Waals surface area contributed by atoms with Crippen LogP contribution in [-0.2, 0) is 16.0 Å². The normalized spacial score (nSPS) is 15.4. The third-order valence-electron chi connectivity index (χ3n) is 4.00. The molecule has 0 unspecified atom stereocenters. The van der Waals surface area contributed by atoms with E-state index in [1.807, 2.05) is 0 Å². The molecule has 2 aromatic rings. The number of rotatable bonds is 6. The Labute approximate surface area is 164 Å². The second-order valence-electron chi connectivity index (χ2n) is 6.01. The van der Waals surface area contributed by atoms with Crippen LogP contribution in [0.2, 0.25) is 0 Å². The van der Waals surface area contributed by atoms with Crippen LogP contribution in [0.1, 0.15) is 11.1 Å². The van der Waals surface area contributed by atoms with Gasteiger partial charge in [0.1, 0.15) is 11.6 Å². The molecule has 1 aliphatic heterocycles. The summed E-state index contributed by atoms with van der Waals surface area (Å²) in [5, 5.41) is 2.15. The van der Waals surface area contributed by atoms with E-state index in [2.05, 4.69) is 5.32 Å². The molecule has 8 heteroatoms. The van der Waals surface area contributed by atoms with Crippen molar-refractivity contribution >= 4 is 34.9 Å². The molecule has 0 spiro atoms.